The van der Waals surface area contributed by atoms with E-state index in [0.717, 1.165) is 0 Å². The Morgan fingerprint density at radius 2 is 1.39 bits per heavy atom. The molecule has 156 valence electrons. The van der Waals surface area contributed by atoms with E-state index >= 15 is 0 Å². The van der Waals surface area contributed by atoms with Gasteiger partial charge < -0.3 is 15.9 Å². The van der Waals surface area contributed by atoms with Crippen LogP contribution in [0.15, 0.2) is 0 Å². The van der Waals surface area contributed by atoms with E-state index in [-0.39, 0.29) is 44.8 Å². The van der Waals surface area contributed by atoms with Crippen LogP contribution in [0.4, 0.5) is 0 Å². The molecule has 0 aromatic heterocycles. The summed E-state index contributed by atoms with van der Waals surface area (Å²) in [7, 11) is 8.79. The quantitative estimate of drug-likeness (QED) is 0.195. The monoisotopic (exact) mass is 404 g/mol. The summed E-state index contributed by atoms with van der Waals surface area (Å²) >= 11 is 0. The number of carbonyl (C=O) groups excluding carboxylic acids is 6. The summed E-state index contributed by atoms with van der Waals surface area (Å²) < 4.78 is 24.7. The van der Waals surface area contributed by atoms with Crippen molar-refractivity contribution in [2.75, 3.05) is 14.0 Å². The Bertz CT molecular complexity index is 573. The highest BCUT2D eigenvalue weighted by atomic mass is 16.7. The first kappa shape index (κ1) is 23.3. The molecule has 2 aliphatic rings. The lowest BCUT2D eigenvalue weighted by atomic mass is 10.2. The van der Waals surface area contributed by atoms with E-state index in [9.17, 15) is 28.8 Å². The standard InChI is InChI=1S/C5H5NO4.C4H5NO3.C2H5NO.2CH3B.CH5N/c7-3-10-6-4(8)1-2-5(6)9;6-3-1-2-4(7)5(3)8;1-3-2-4;3*1-2/h3H,1-2H2;8H,1-2H2;2H,1H3,(H,3,4);2*1H3;2H2,1H3/i3D;;1D,2D;;;1D. The molecule has 0 spiro atoms. The van der Waals surface area contributed by atoms with Crippen LogP contribution in [0.1, 0.15) is 31.2 Å². The van der Waals surface area contributed by atoms with E-state index < -0.39 is 36.5 Å². The molecule has 0 aromatic carbocycles. The van der Waals surface area contributed by atoms with Gasteiger partial charge in [0, 0.05) is 35.4 Å². The number of imide groups is 2. The molecule has 2 aliphatic heterocycles. The number of nitrogens with one attached hydrogen (secondary N) is 1. The van der Waals surface area contributed by atoms with Crippen LogP contribution in [0, 0.1) is 0 Å². The number of nitrogens with two attached hydrogens (primary N) is 1. The van der Waals surface area contributed by atoms with Gasteiger partial charge in [-0.1, -0.05) is 13.6 Å². The van der Waals surface area contributed by atoms with Crippen LogP contribution in [-0.4, -0.2) is 81.5 Å². The predicted octanol–water partition coefficient (Wildman–Crippen LogP) is -1.91. The van der Waals surface area contributed by atoms with Gasteiger partial charge in [-0.25, -0.2) is 0 Å². The molecule has 5 amide bonds. The highest BCUT2D eigenvalue weighted by molar-refractivity contribution is 6.05. The minimum atomic E-state index is -1.41. The van der Waals surface area contributed by atoms with Crippen molar-refractivity contribution in [1.29, 1.82) is 0 Å². The van der Waals surface area contributed by atoms with Gasteiger partial charge in [-0.2, -0.15) is 5.06 Å². The van der Waals surface area contributed by atoms with Gasteiger partial charge in [-0.15, -0.1) is 5.06 Å². The summed E-state index contributed by atoms with van der Waals surface area (Å²) in [6, 6.07) is 0. The fourth-order valence-electron chi connectivity index (χ4n) is 1.26. The van der Waals surface area contributed by atoms with Crippen molar-refractivity contribution in [2.45, 2.75) is 39.3 Å². The van der Waals surface area contributed by atoms with Crippen LogP contribution in [0.3, 0.4) is 0 Å². The molecule has 0 aromatic rings. The largest absolute Gasteiger partial charge is 0.362 e. The molecule has 14 heteroatoms. The van der Waals surface area contributed by atoms with Crippen LogP contribution in [0.25, 0.3) is 0 Å². The first-order chi connectivity index (χ1) is 15.0. The minimum Gasteiger partial charge on any atom is -0.362 e. The van der Waals surface area contributed by atoms with E-state index in [2.05, 4.69) is 26.3 Å². The third-order valence-electron chi connectivity index (χ3n) is 2.23. The zero-order valence-electron chi connectivity index (χ0n) is 19.7. The maximum Gasteiger partial charge on any atom is 0.321 e. The van der Waals surface area contributed by atoms with Gasteiger partial charge in [0.05, 0.1) is 15.7 Å². The molecule has 12 nitrogen and oxygen atoms in total. The summed E-state index contributed by atoms with van der Waals surface area (Å²) in [5.74, 6) is -2.16. The molecule has 2 saturated heterocycles. The maximum absolute atomic E-state index is 10.7. The average Bonchev–Trinajstić information content (AvgIpc) is 3.22. The fraction of sp³-hybridized carbons (Fsp3) is 0.571. The molecule has 0 unspecified atom stereocenters. The Balaban J connectivity index is -0.000000166. The lowest BCUT2D eigenvalue weighted by Crippen LogP contribution is -2.28. The van der Waals surface area contributed by atoms with Crippen LogP contribution >= 0.6 is 0 Å². The zero-order chi connectivity index (χ0) is 26.3. The van der Waals surface area contributed by atoms with Crippen LogP contribution in [0.5, 0.6) is 0 Å². The summed E-state index contributed by atoms with van der Waals surface area (Å²) in [5.41, 5.74) is 4.51. The molecule has 0 aliphatic carbocycles. The highest BCUT2D eigenvalue weighted by Gasteiger charge is 2.30. The van der Waals surface area contributed by atoms with Gasteiger partial charge in [0.1, 0.15) is 1.37 Å². The second-order valence-electron chi connectivity index (χ2n) is 3.63. The van der Waals surface area contributed by atoms with Crippen molar-refractivity contribution in [2.24, 2.45) is 5.73 Å². The Kier molecular flexibility index (Phi) is 20.2. The number of hydroxylamine groups is 4. The number of amides is 5. The van der Waals surface area contributed by atoms with E-state index in [0.29, 0.717) is 5.06 Å². The number of hydrogen-bond donors (Lipinski definition) is 3. The molecule has 0 bridgehead atoms. The van der Waals surface area contributed by atoms with E-state index in [1.165, 1.54) is 13.6 Å². The smallest absolute Gasteiger partial charge is 0.321 e. The van der Waals surface area contributed by atoms with E-state index in [4.69, 9.17) is 10.7 Å². The third kappa shape index (κ3) is 15.5. The molecule has 4 radical (unpaired) electrons. The van der Waals surface area contributed by atoms with Gasteiger partial charge >= 0.3 is 6.45 Å². The molecule has 0 saturated carbocycles. The molecular formula is C14H26B2N4O8. The van der Waals surface area contributed by atoms with Gasteiger partial charge in [-0.3, -0.25) is 34.0 Å². The average molecular weight is 404 g/mol. The SMILES string of the molecule is O=C1CCC(=O)N1O.[2H]C(=O)ON1C(=O)CCC1=O.[2H]CN.[2H]CNC([2H])=O.[B]C.[B]C. The van der Waals surface area contributed by atoms with Crippen molar-refractivity contribution in [3.8, 4) is 0 Å². The summed E-state index contributed by atoms with van der Waals surface area (Å²) in [6.45, 7) is 3.00. The third-order valence-corrected chi connectivity index (χ3v) is 2.23. The Hall–Kier alpha value is -2.73. The normalized spacial score (nSPS) is 15.4. The van der Waals surface area contributed by atoms with Crippen molar-refractivity contribution in [3.05, 3.63) is 0 Å². The Morgan fingerprint density at radius 3 is 1.57 bits per heavy atom. The van der Waals surface area contributed by atoms with Crippen molar-refractivity contribution in [3.63, 3.8) is 0 Å². The van der Waals surface area contributed by atoms with Gasteiger partial charge in [-0.05, 0) is 7.02 Å². The number of nitrogens with zero attached hydrogens (tertiary/aromatic N) is 2. The first-order valence-electron chi connectivity index (χ1n) is 9.70. The maximum atomic E-state index is 10.7. The van der Waals surface area contributed by atoms with Gasteiger partial charge in [0.15, 0.2) is 1.37 Å². The van der Waals surface area contributed by atoms with Crippen LogP contribution < -0.4 is 11.1 Å². The zero-order valence-corrected chi connectivity index (χ0v) is 15.7. The molecule has 2 rings (SSSR count). The molecule has 28 heavy (non-hydrogen) atoms. The second kappa shape index (κ2) is 24.3. The molecule has 4 N–H and O–H groups in total. The summed E-state index contributed by atoms with van der Waals surface area (Å²) in [4.78, 5) is 65.3. The number of hydrogen-bond acceptors (Lipinski definition) is 9. The molecule has 2 heterocycles. The van der Waals surface area contributed by atoms with Crippen molar-refractivity contribution in [1.82, 2.24) is 15.4 Å². The molecule has 0 atom stereocenters. The van der Waals surface area contributed by atoms with Gasteiger partial charge in [0.2, 0.25) is 6.39 Å². The van der Waals surface area contributed by atoms with Crippen molar-refractivity contribution < 1.29 is 44.3 Å². The molecule has 2 fully saturated rings. The highest BCUT2D eigenvalue weighted by Crippen LogP contribution is 2.10. The Morgan fingerprint density at radius 1 is 1.04 bits per heavy atom. The lowest BCUT2D eigenvalue weighted by Gasteiger charge is -2.06. The van der Waals surface area contributed by atoms with Crippen molar-refractivity contribution >= 4 is 52.2 Å². The van der Waals surface area contributed by atoms with Crippen LogP contribution in [-0.2, 0) is 33.6 Å². The lowest BCUT2D eigenvalue weighted by molar-refractivity contribution is -0.188. The summed E-state index contributed by atoms with van der Waals surface area (Å²) in [6.07, 6.45) is -1.92. The molecular weight excluding hydrogens is 374 g/mol. The summed E-state index contributed by atoms with van der Waals surface area (Å²) in [5, 5.41) is 10.8. The van der Waals surface area contributed by atoms with Gasteiger partial charge in [0.25, 0.3) is 23.6 Å². The van der Waals surface area contributed by atoms with Crippen LogP contribution in [0.2, 0.25) is 13.6 Å². The minimum absolute atomic E-state index is 0. The Labute approximate surface area is 172 Å². The second-order valence-corrected chi connectivity index (χ2v) is 3.63. The topological polar surface area (TPSA) is 176 Å². The van der Waals surface area contributed by atoms with E-state index in [1.54, 1.807) is 0 Å². The van der Waals surface area contributed by atoms with E-state index in [1.807, 2.05) is 5.32 Å². The fourth-order valence-corrected chi connectivity index (χ4v) is 1.26. The number of carbonyl (C=O) groups is 6. The predicted molar refractivity (Wildman–Crippen MR) is 99.6 cm³/mol. The first-order valence-corrected chi connectivity index (χ1v) is 7.29. The number of rotatable bonds is 1.